The van der Waals surface area contributed by atoms with Gasteiger partial charge >= 0.3 is 17.9 Å². The van der Waals surface area contributed by atoms with Crippen LogP contribution in [0.25, 0.3) is 0 Å². The van der Waals surface area contributed by atoms with Crippen LogP contribution in [0.5, 0.6) is 0 Å². The monoisotopic (exact) mass is 814 g/mol. The van der Waals surface area contributed by atoms with Gasteiger partial charge in [0.15, 0.2) is 0 Å². The second kappa shape index (κ2) is 30.8. The van der Waals surface area contributed by atoms with Gasteiger partial charge < -0.3 is 40.0 Å². The van der Waals surface area contributed by atoms with Crippen LogP contribution in [0.1, 0.15) is 184 Å². The lowest BCUT2D eigenvalue weighted by Gasteiger charge is -2.26. The van der Waals surface area contributed by atoms with Gasteiger partial charge in [-0.2, -0.15) is 0 Å². The molecule has 3 amide bonds. The second-order valence-corrected chi connectivity index (χ2v) is 17.4. The highest BCUT2D eigenvalue weighted by molar-refractivity contribution is 5.91. The van der Waals surface area contributed by atoms with Crippen molar-refractivity contribution in [1.29, 1.82) is 0 Å². The quantitative estimate of drug-likeness (QED) is 0.0383. The Kier molecular flexibility index (Phi) is 29.0. The van der Waals surface area contributed by atoms with Crippen LogP contribution in [-0.4, -0.2) is 96.5 Å². The molecule has 0 saturated heterocycles. The molecule has 0 heterocycles. The van der Waals surface area contributed by atoms with Gasteiger partial charge in [-0.1, -0.05) is 89.9 Å². The molecule has 0 spiro atoms. The van der Waals surface area contributed by atoms with Crippen LogP contribution in [0.4, 0.5) is 0 Å². The van der Waals surface area contributed by atoms with Crippen molar-refractivity contribution in [2.45, 2.75) is 207 Å². The van der Waals surface area contributed by atoms with Gasteiger partial charge in [-0.25, -0.2) is 9.59 Å². The summed E-state index contributed by atoms with van der Waals surface area (Å²) in [6, 6.07) is -1.00. The van der Waals surface area contributed by atoms with Gasteiger partial charge in [0.05, 0.1) is 19.8 Å². The lowest BCUT2D eigenvalue weighted by molar-refractivity contribution is -0.159. The maximum absolute atomic E-state index is 12.9. The maximum Gasteiger partial charge on any atom is 0.329 e. The minimum atomic E-state index is -1.25. The molecule has 332 valence electrons. The number of hydrogen-bond acceptors (Lipinski definition) is 10. The van der Waals surface area contributed by atoms with Gasteiger partial charge in [-0.3, -0.25) is 19.2 Å². The molecule has 0 radical (unpaired) electrons. The number of amides is 3. The van der Waals surface area contributed by atoms with Crippen molar-refractivity contribution in [3.63, 3.8) is 0 Å². The summed E-state index contributed by atoms with van der Waals surface area (Å²) >= 11 is 0. The zero-order valence-corrected chi connectivity index (χ0v) is 36.8. The molecule has 0 fully saturated rings. The lowest BCUT2D eigenvalue weighted by atomic mass is 10.0. The minimum Gasteiger partial charge on any atom is -0.480 e. The molecule has 4 N–H and O–H groups in total. The van der Waals surface area contributed by atoms with Crippen molar-refractivity contribution >= 4 is 35.6 Å². The summed E-state index contributed by atoms with van der Waals surface area (Å²) in [4.78, 5) is 73.5. The first-order chi connectivity index (χ1) is 26.7. The number of rotatable bonds is 34. The Hall–Kier alpha value is -3.26. The van der Waals surface area contributed by atoms with Gasteiger partial charge in [0.2, 0.25) is 17.7 Å². The van der Waals surface area contributed by atoms with E-state index in [0.717, 1.165) is 32.1 Å². The Morgan fingerprint density at radius 3 is 1.47 bits per heavy atom. The van der Waals surface area contributed by atoms with Gasteiger partial charge in [0.25, 0.3) is 0 Å². The predicted octanol–water partition coefficient (Wildman–Crippen LogP) is 7.09. The molecule has 0 aliphatic rings. The van der Waals surface area contributed by atoms with E-state index in [2.05, 4.69) is 16.0 Å². The van der Waals surface area contributed by atoms with E-state index in [1.807, 2.05) is 20.8 Å². The van der Waals surface area contributed by atoms with Gasteiger partial charge in [-0.15, -0.1) is 0 Å². The molecule has 57 heavy (non-hydrogen) atoms. The molecule has 0 aromatic rings. The molecule has 1 atom stereocenters. The number of carboxylic acids is 1. The number of hydrogen-bond donors (Lipinski definition) is 4. The smallest absolute Gasteiger partial charge is 0.329 e. The highest BCUT2D eigenvalue weighted by Crippen LogP contribution is 2.16. The first-order valence-electron chi connectivity index (χ1n) is 21.4. The van der Waals surface area contributed by atoms with Crippen LogP contribution in [0, 0.1) is 0 Å². The number of nitrogens with one attached hydrogen (secondary N) is 3. The van der Waals surface area contributed by atoms with Crippen molar-refractivity contribution < 1.29 is 52.8 Å². The van der Waals surface area contributed by atoms with Gasteiger partial charge in [0, 0.05) is 25.8 Å². The molecule has 0 aromatic carbocycles. The van der Waals surface area contributed by atoms with Crippen molar-refractivity contribution in [3.8, 4) is 0 Å². The highest BCUT2D eigenvalue weighted by atomic mass is 16.6. The average Bonchev–Trinajstić information content (AvgIpc) is 3.08. The van der Waals surface area contributed by atoms with E-state index in [4.69, 9.17) is 24.1 Å². The SMILES string of the molecule is CC(C)(C)OC(=O)CCCCCCCCCCCCCCCCCCC(=O)NC(CCC(=O)NC(C)(C)C(=O)NCCOCCOCC(=O)O)C(=O)OC(C)(C)C. The Morgan fingerprint density at radius 2 is 1.00 bits per heavy atom. The average molecular weight is 814 g/mol. The summed E-state index contributed by atoms with van der Waals surface area (Å²) in [5.74, 6) is -2.93. The fourth-order valence-electron chi connectivity index (χ4n) is 5.89. The third-order valence-corrected chi connectivity index (χ3v) is 8.79. The predicted molar refractivity (Wildman–Crippen MR) is 220 cm³/mol. The zero-order valence-electron chi connectivity index (χ0n) is 36.8. The Labute approximate surface area is 343 Å². The zero-order chi connectivity index (χ0) is 43.2. The largest absolute Gasteiger partial charge is 0.480 e. The molecule has 0 aromatic heterocycles. The number of ether oxygens (including phenoxy) is 4. The van der Waals surface area contributed by atoms with Crippen molar-refractivity contribution in [1.82, 2.24) is 16.0 Å². The summed E-state index contributed by atoms with van der Waals surface area (Å²) < 4.78 is 21.0. The van der Waals surface area contributed by atoms with Crippen LogP contribution < -0.4 is 16.0 Å². The van der Waals surface area contributed by atoms with Crippen molar-refractivity contribution in [3.05, 3.63) is 0 Å². The third kappa shape index (κ3) is 34.5. The molecule has 0 rings (SSSR count). The van der Waals surface area contributed by atoms with Crippen LogP contribution in [-0.2, 0) is 47.7 Å². The van der Waals surface area contributed by atoms with E-state index in [0.29, 0.717) is 12.8 Å². The highest BCUT2D eigenvalue weighted by Gasteiger charge is 2.31. The standard InChI is InChI=1S/C43H79N3O11/c1-41(2,3)56-38(51)26-24-22-20-18-16-14-12-10-9-11-13-15-17-19-21-23-25-35(47)45-34(39(52)57-42(4,5)6)27-28-36(48)46-43(7,8)40(53)44-29-30-54-31-32-55-33-37(49)50/h34H,9-33H2,1-8H3,(H,44,53)(H,45,47)(H,46,48)(H,49,50). The van der Waals surface area contributed by atoms with E-state index in [1.165, 1.54) is 64.2 Å². The van der Waals surface area contributed by atoms with Crippen molar-refractivity contribution in [2.24, 2.45) is 0 Å². The Balaban J connectivity index is 4.21. The molecule has 0 aliphatic heterocycles. The van der Waals surface area contributed by atoms with E-state index < -0.39 is 53.1 Å². The van der Waals surface area contributed by atoms with Crippen LogP contribution >= 0.6 is 0 Å². The molecule has 0 saturated carbocycles. The summed E-state index contributed by atoms with van der Waals surface area (Å²) in [5.41, 5.74) is -2.42. The summed E-state index contributed by atoms with van der Waals surface area (Å²) in [6.07, 6.45) is 19.0. The summed E-state index contributed by atoms with van der Waals surface area (Å²) in [5, 5.41) is 16.7. The van der Waals surface area contributed by atoms with E-state index in [9.17, 15) is 28.8 Å². The number of aliphatic carboxylic acids is 1. The number of carboxylic acid groups (broad SMARTS) is 1. The van der Waals surface area contributed by atoms with Crippen LogP contribution in [0.15, 0.2) is 0 Å². The fraction of sp³-hybridized carbons (Fsp3) is 0.860. The number of unbranched alkanes of at least 4 members (excludes halogenated alkanes) is 15. The summed E-state index contributed by atoms with van der Waals surface area (Å²) in [7, 11) is 0. The lowest BCUT2D eigenvalue weighted by Crippen LogP contribution is -2.55. The van der Waals surface area contributed by atoms with E-state index in [-0.39, 0.29) is 57.5 Å². The Bertz CT molecular complexity index is 1160. The number of carbonyl (C=O) groups is 6. The fourth-order valence-corrected chi connectivity index (χ4v) is 5.89. The first kappa shape index (κ1) is 53.7. The molecule has 1 unspecified atom stereocenters. The van der Waals surface area contributed by atoms with Crippen LogP contribution in [0.2, 0.25) is 0 Å². The number of esters is 2. The molecule has 0 bridgehead atoms. The van der Waals surface area contributed by atoms with E-state index >= 15 is 0 Å². The summed E-state index contributed by atoms with van der Waals surface area (Å²) in [6.45, 7) is 14.2. The maximum atomic E-state index is 12.9. The van der Waals surface area contributed by atoms with Gasteiger partial charge in [0.1, 0.15) is 29.4 Å². The molecular formula is C43H79N3O11. The molecule has 0 aliphatic carbocycles. The van der Waals surface area contributed by atoms with E-state index in [1.54, 1.807) is 34.6 Å². The van der Waals surface area contributed by atoms with Crippen LogP contribution in [0.3, 0.4) is 0 Å². The van der Waals surface area contributed by atoms with Crippen molar-refractivity contribution in [2.75, 3.05) is 33.0 Å². The number of carbonyl (C=O) groups excluding carboxylic acids is 5. The molecule has 14 heteroatoms. The third-order valence-electron chi connectivity index (χ3n) is 8.79. The van der Waals surface area contributed by atoms with Gasteiger partial charge in [-0.05, 0) is 74.7 Å². The molecular weight excluding hydrogens is 734 g/mol. The first-order valence-corrected chi connectivity index (χ1v) is 21.4. The Morgan fingerprint density at radius 1 is 0.544 bits per heavy atom. The minimum absolute atomic E-state index is 0.0146. The second-order valence-electron chi connectivity index (χ2n) is 17.4. The normalized spacial score (nSPS) is 12.4. The molecule has 14 nitrogen and oxygen atoms in total. The topological polar surface area (TPSA) is 196 Å².